The fraction of sp³-hybridized carbons (Fsp3) is 0.644. The molecule has 15 heteroatoms. The van der Waals surface area contributed by atoms with E-state index in [-0.39, 0.29) is 29.4 Å². The van der Waals surface area contributed by atoms with Gasteiger partial charge in [0.05, 0.1) is 18.3 Å². The number of anilines is 1. The molecule has 2 aromatic carbocycles. The largest absolute Gasteiger partial charge is 0.481 e. The fourth-order valence-electron chi connectivity index (χ4n) is 9.63. The Bertz CT molecular complexity index is 2170. The molecule has 326 valence electrons. The number of aryl methyl sites for hydroxylation is 2. The Morgan fingerprint density at radius 2 is 1.73 bits per heavy atom. The van der Waals surface area contributed by atoms with Gasteiger partial charge >= 0.3 is 12.3 Å². The molecule has 4 saturated heterocycles. The number of alkyl halides is 3. The Balaban J connectivity index is 1.24. The molecule has 6 heterocycles. The van der Waals surface area contributed by atoms with Crippen molar-refractivity contribution < 1.29 is 36.9 Å². The number of fused-ring (bicyclic) bond motifs is 2. The van der Waals surface area contributed by atoms with E-state index in [1.807, 2.05) is 57.6 Å². The van der Waals surface area contributed by atoms with E-state index < -0.39 is 18.4 Å². The van der Waals surface area contributed by atoms with Crippen molar-refractivity contribution in [2.75, 3.05) is 77.6 Å². The number of rotatable bonds is 10. The van der Waals surface area contributed by atoms with Gasteiger partial charge in [-0.1, -0.05) is 13.0 Å². The minimum atomic E-state index is -4.58. The van der Waals surface area contributed by atoms with E-state index in [0.29, 0.717) is 68.1 Å². The Hall–Kier alpha value is -4.21. The first-order valence-electron chi connectivity index (χ1n) is 21.8. The van der Waals surface area contributed by atoms with Gasteiger partial charge in [0.2, 0.25) is 0 Å². The summed E-state index contributed by atoms with van der Waals surface area (Å²) in [6, 6.07) is 6.12. The highest BCUT2D eigenvalue weighted by atomic mass is 19.4. The lowest BCUT2D eigenvalue weighted by atomic mass is 9.72. The second kappa shape index (κ2) is 16.9. The second-order valence-electron chi connectivity index (χ2n) is 18.3. The maximum atomic E-state index is 14.3. The summed E-state index contributed by atoms with van der Waals surface area (Å²) in [6.07, 6.45) is 3.46. The molecule has 0 aliphatic carbocycles. The third kappa shape index (κ3) is 8.76. The minimum absolute atomic E-state index is 0.0137. The van der Waals surface area contributed by atoms with Crippen molar-refractivity contribution in [2.24, 2.45) is 5.41 Å². The molecule has 0 N–H and O–H groups in total. The molecule has 8 rings (SSSR count). The number of methoxy groups -OCH3 is 1. The highest BCUT2D eigenvalue weighted by Gasteiger charge is 2.48. The number of amides is 1. The molecule has 0 radical (unpaired) electrons. The molecule has 1 atom stereocenters. The zero-order valence-corrected chi connectivity index (χ0v) is 36.0. The molecule has 12 nitrogen and oxygen atoms in total. The summed E-state index contributed by atoms with van der Waals surface area (Å²) >= 11 is 0. The van der Waals surface area contributed by atoms with Gasteiger partial charge in [-0.15, -0.1) is 0 Å². The average Bonchev–Trinajstić information content (AvgIpc) is 3.64. The van der Waals surface area contributed by atoms with Crippen LogP contribution in [0.1, 0.15) is 102 Å². The van der Waals surface area contributed by atoms with Crippen LogP contribution in [-0.4, -0.2) is 120 Å². The van der Waals surface area contributed by atoms with Crippen molar-refractivity contribution in [3.05, 3.63) is 41.3 Å². The van der Waals surface area contributed by atoms with Gasteiger partial charge in [-0.3, -0.25) is 0 Å². The third-order valence-electron chi connectivity index (χ3n) is 12.8. The van der Waals surface area contributed by atoms with E-state index in [1.54, 1.807) is 12.0 Å². The lowest BCUT2D eigenvalue weighted by molar-refractivity contribution is -0.153. The molecular weight excluding hydrogens is 776 g/mol. The van der Waals surface area contributed by atoms with Crippen LogP contribution < -0.4 is 9.64 Å². The first kappa shape index (κ1) is 42.5. The summed E-state index contributed by atoms with van der Waals surface area (Å²) in [5.74, 6) is 1.50. The van der Waals surface area contributed by atoms with E-state index in [0.717, 1.165) is 98.0 Å². The van der Waals surface area contributed by atoms with Gasteiger partial charge in [-0.05, 0) is 121 Å². The van der Waals surface area contributed by atoms with Crippen molar-refractivity contribution >= 4 is 33.7 Å². The predicted octanol–water partition coefficient (Wildman–Crippen LogP) is 8.82. The highest BCUT2D eigenvalue weighted by Crippen LogP contribution is 2.48. The SMILES string of the molecule is CCc1cc2c(N3CCC4(CC3)CN(C(=O)OC(C)(C)C)C4)nc(C3CCN(CCOC)CC3)nc2c(OCC(F)(F)F)c1-c1c(C)ccc2c1cnn2C1CCCCO1. The number of hydrogen-bond donors (Lipinski definition) is 0. The first-order valence-corrected chi connectivity index (χ1v) is 21.8. The number of ether oxygens (including phenoxy) is 4. The summed E-state index contributed by atoms with van der Waals surface area (Å²) in [7, 11) is 1.71. The predicted molar refractivity (Wildman–Crippen MR) is 225 cm³/mol. The van der Waals surface area contributed by atoms with Gasteiger partial charge < -0.3 is 33.6 Å². The zero-order chi connectivity index (χ0) is 42.4. The van der Waals surface area contributed by atoms with Gasteiger partial charge in [0, 0.05) is 74.1 Å². The maximum absolute atomic E-state index is 14.3. The lowest BCUT2D eigenvalue weighted by Crippen LogP contribution is -2.62. The number of aromatic nitrogens is 4. The molecule has 0 bridgehead atoms. The number of carbonyl (C=O) groups is 1. The van der Waals surface area contributed by atoms with Crippen LogP contribution in [0.2, 0.25) is 0 Å². The smallest absolute Gasteiger partial charge is 0.422 e. The van der Waals surface area contributed by atoms with Crippen molar-refractivity contribution in [1.29, 1.82) is 0 Å². The molecule has 2 aromatic heterocycles. The maximum Gasteiger partial charge on any atom is 0.422 e. The second-order valence-corrected chi connectivity index (χ2v) is 18.3. The van der Waals surface area contributed by atoms with E-state index in [2.05, 4.69) is 15.9 Å². The molecule has 4 aromatic rings. The van der Waals surface area contributed by atoms with E-state index in [4.69, 9.17) is 34.0 Å². The van der Waals surface area contributed by atoms with Gasteiger partial charge in [0.1, 0.15) is 22.8 Å². The Labute approximate surface area is 350 Å². The van der Waals surface area contributed by atoms with Crippen molar-refractivity contribution in [1.82, 2.24) is 29.5 Å². The highest BCUT2D eigenvalue weighted by molar-refractivity contribution is 6.05. The van der Waals surface area contributed by atoms with Crippen LogP contribution in [0.15, 0.2) is 24.4 Å². The van der Waals surface area contributed by atoms with Crippen LogP contribution in [0.5, 0.6) is 5.75 Å². The van der Waals surface area contributed by atoms with Gasteiger partial charge in [0.15, 0.2) is 18.6 Å². The molecule has 4 aliphatic heterocycles. The number of likely N-dealkylation sites (tertiary alicyclic amines) is 2. The van der Waals surface area contributed by atoms with Crippen LogP contribution in [0.3, 0.4) is 0 Å². The molecular formula is C45H60F3N7O5. The average molecular weight is 836 g/mol. The fourth-order valence-corrected chi connectivity index (χ4v) is 9.63. The van der Waals surface area contributed by atoms with Crippen LogP contribution in [-0.2, 0) is 20.6 Å². The molecule has 4 fully saturated rings. The molecule has 1 unspecified atom stereocenters. The summed E-state index contributed by atoms with van der Waals surface area (Å²) in [6.45, 7) is 14.7. The molecule has 1 amide bonds. The normalized spacial score (nSPS) is 20.6. The lowest BCUT2D eigenvalue weighted by Gasteiger charge is -2.53. The molecule has 1 spiro atoms. The summed E-state index contributed by atoms with van der Waals surface area (Å²) in [5.41, 5.74) is 3.83. The first-order chi connectivity index (χ1) is 28.7. The number of piperidine rings is 2. The van der Waals surface area contributed by atoms with Crippen LogP contribution in [0, 0.1) is 12.3 Å². The number of nitrogens with zero attached hydrogens (tertiary/aromatic N) is 7. The van der Waals surface area contributed by atoms with Gasteiger partial charge in [-0.25, -0.2) is 19.4 Å². The van der Waals surface area contributed by atoms with Crippen molar-refractivity contribution in [3.63, 3.8) is 0 Å². The molecule has 4 aliphatic rings. The molecule has 60 heavy (non-hydrogen) atoms. The van der Waals surface area contributed by atoms with Crippen molar-refractivity contribution in [3.8, 4) is 16.9 Å². The third-order valence-corrected chi connectivity index (χ3v) is 12.8. The quantitative estimate of drug-likeness (QED) is 0.154. The van der Waals surface area contributed by atoms with E-state index in [9.17, 15) is 18.0 Å². The Kier molecular flexibility index (Phi) is 12.0. The number of halogens is 3. The standard InChI is InChI=1S/C45H60F3N7O5/c1-7-30-24-32-38(39(59-28-45(46,47)48)37(30)36-29(2)11-12-34-33(36)25-49-55(34)35-10-8-9-22-58-35)50-40(31-13-17-52(18-14-31)21-23-57-6)51-41(32)53-19-15-44(16-20-53)26-54(27-44)42(56)60-43(3,4)5/h11-12,24-25,31,35H,7-10,13-23,26-28H2,1-6H3. The number of benzene rings is 2. The Morgan fingerprint density at radius 3 is 2.38 bits per heavy atom. The summed E-state index contributed by atoms with van der Waals surface area (Å²) < 4.78 is 68.0. The van der Waals surface area contributed by atoms with Crippen LogP contribution in [0.4, 0.5) is 23.8 Å². The minimum Gasteiger partial charge on any atom is -0.481 e. The van der Waals surface area contributed by atoms with Crippen molar-refractivity contribution in [2.45, 2.75) is 110 Å². The number of hydrogen-bond acceptors (Lipinski definition) is 10. The van der Waals surface area contributed by atoms with Crippen LogP contribution in [0.25, 0.3) is 32.9 Å². The van der Waals surface area contributed by atoms with E-state index >= 15 is 0 Å². The van der Waals surface area contributed by atoms with Gasteiger partial charge in [-0.2, -0.15) is 18.3 Å². The molecule has 0 saturated carbocycles. The topological polar surface area (TPSA) is 107 Å². The summed E-state index contributed by atoms with van der Waals surface area (Å²) in [5, 5.41) is 6.32. The van der Waals surface area contributed by atoms with Crippen LogP contribution >= 0.6 is 0 Å². The number of carbonyl (C=O) groups excluding carboxylic acids is 1. The van der Waals surface area contributed by atoms with E-state index in [1.165, 1.54) is 0 Å². The summed E-state index contributed by atoms with van der Waals surface area (Å²) in [4.78, 5) is 29.8. The monoisotopic (exact) mass is 835 g/mol. The zero-order valence-electron chi connectivity index (χ0n) is 36.0. The van der Waals surface area contributed by atoms with Gasteiger partial charge in [0.25, 0.3) is 0 Å². The Morgan fingerprint density at radius 1 is 0.983 bits per heavy atom.